The number of para-hydroxylation sites is 1. The van der Waals surface area contributed by atoms with E-state index in [1.54, 1.807) is 23.1 Å². The van der Waals surface area contributed by atoms with Gasteiger partial charge in [0.1, 0.15) is 5.82 Å². The highest BCUT2D eigenvalue weighted by Gasteiger charge is 2.27. The smallest absolute Gasteiger partial charge is 0.208 e. The van der Waals surface area contributed by atoms with Crippen molar-refractivity contribution >= 4 is 33.9 Å². The van der Waals surface area contributed by atoms with E-state index in [4.69, 9.17) is 0 Å². The van der Waals surface area contributed by atoms with Gasteiger partial charge in [0, 0.05) is 22.7 Å². The van der Waals surface area contributed by atoms with Gasteiger partial charge < -0.3 is 5.32 Å². The second-order valence-corrected chi connectivity index (χ2v) is 7.45. The minimum atomic E-state index is 0.612. The lowest BCUT2D eigenvalue weighted by molar-refractivity contribution is 0.932. The zero-order valence-corrected chi connectivity index (χ0v) is 14.4. The summed E-state index contributed by atoms with van der Waals surface area (Å²) >= 11 is 3.25. The van der Waals surface area contributed by atoms with Gasteiger partial charge in [-0.1, -0.05) is 30.0 Å². The van der Waals surface area contributed by atoms with Crippen molar-refractivity contribution in [2.45, 2.75) is 36.6 Å². The second kappa shape index (κ2) is 6.33. The quantitative estimate of drug-likeness (QED) is 0.646. The Bertz CT molecular complexity index is 806. The second-order valence-electron chi connectivity index (χ2n) is 5.65. The molecule has 0 unspecified atom stereocenters. The summed E-state index contributed by atoms with van der Waals surface area (Å²) in [5.74, 6) is 2.43. The predicted octanol–water partition coefficient (Wildman–Crippen LogP) is 4.48. The third kappa shape index (κ3) is 3.56. The summed E-state index contributed by atoms with van der Waals surface area (Å²) in [6.07, 6.45) is 2.47. The van der Waals surface area contributed by atoms with Crippen molar-refractivity contribution in [1.29, 1.82) is 0 Å². The number of aromatic nitrogens is 4. The van der Waals surface area contributed by atoms with E-state index in [1.165, 1.54) is 18.4 Å². The Morgan fingerprint density at radius 1 is 1.30 bits per heavy atom. The lowest BCUT2D eigenvalue weighted by Gasteiger charge is -2.05. The molecule has 0 amide bonds. The van der Waals surface area contributed by atoms with Crippen LogP contribution in [0.1, 0.15) is 35.8 Å². The number of rotatable bonds is 6. The molecule has 2 N–H and O–H groups in total. The molecule has 0 spiro atoms. The van der Waals surface area contributed by atoms with Gasteiger partial charge >= 0.3 is 0 Å². The van der Waals surface area contributed by atoms with Crippen molar-refractivity contribution in [2.75, 3.05) is 5.32 Å². The van der Waals surface area contributed by atoms with Gasteiger partial charge in [0.05, 0.1) is 5.69 Å². The van der Waals surface area contributed by atoms with E-state index in [1.807, 2.05) is 12.1 Å². The van der Waals surface area contributed by atoms with Gasteiger partial charge in [-0.15, -0.1) is 16.4 Å². The van der Waals surface area contributed by atoms with Gasteiger partial charge in [0.2, 0.25) is 5.16 Å². The minimum Gasteiger partial charge on any atom is -0.331 e. The highest BCUT2D eigenvalue weighted by molar-refractivity contribution is 7.98. The van der Waals surface area contributed by atoms with Gasteiger partial charge in [-0.25, -0.2) is 9.97 Å². The number of benzene rings is 1. The van der Waals surface area contributed by atoms with E-state index in [0.717, 1.165) is 33.2 Å². The number of hydrogen-bond donors (Lipinski definition) is 2. The SMILES string of the molecule is Cc1ccccc1Nc1nc(CSc2n[nH]c(C3CC3)n2)cs1. The Balaban J connectivity index is 1.36. The molecule has 1 saturated carbocycles. The van der Waals surface area contributed by atoms with Crippen molar-refractivity contribution in [3.63, 3.8) is 0 Å². The maximum absolute atomic E-state index is 4.64. The molecule has 118 valence electrons. The maximum atomic E-state index is 4.64. The largest absolute Gasteiger partial charge is 0.331 e. The van der Waals surface area contributed by atoms with Crippen LogP contribution in [0, 0.1) is 6.92 Å². The lowest BCUT2D eigenvalue weighted by Crippen LogP contribution is -1.92. The van der Waals surface area contributed by atoms with Gasteiger partial charge in [-0.2, -0.15) is 0 Å². The Morgan fingerprint density at radius 3 is 3.00 bits per heavy atom. The maximum Gasteiger partial charge on any atom is 0.208 e. The Hall–Kier alpha value is -1.86. The fourth-order valence-electron chi connectivity index (χ4n) is 2.26. The molecule has 0 aliphatic heterocycles. The molecular weight excluding hydrogens is 326 g/mol. The number of hydrogen-bond acceptors (Lipinski definition) is 6. The van der Waals surface area contributed by atoms with Crippen LogP contribution >= 0.6 is 23.1 Å². The van der Waals surface area contributed by atoms with Crippen molar-refractivity contribution in [3.8, 4) is 0 Å². The van der Waals surface area contributed by atoms with Crippen molar-refractivity contribution in [2.24, 2.45) is 0 Å². The molecule has 4 rings (SSSR count). The molecular formula is C16H17N5S2. The number of thioether (sulfide) groups is 1. The van der Waals surface area contributed by atoms with Crippen LogP contribution in [-0.4, -0.2) is 20.2 Å². The number of aryl methyl sites for hydroxylation is 1. The molecule has 0 atom stereocenters. The van der Waals surface area contributed by atoms with Crippen LogP contribution in [0.15, 0.2) is 34.8 Å². The fraction of sp³-hybridized carbons (Fsp3) is 0.312. The third-order valence-electron chi connectivity index (χ3n) is 3.73. The third-order valence-corrected chi connectivity index (χ3v) is 5.42. The molecule has 1 aliphatic carbocycles. The minimum absolute atomic E-state index is 0.612. The first-order chi connectivity index (χ1) is 11.3. The van der Waals surface area contributed by atoms with Crippen LogP contribution in [-0.2, 0) is 5.75 Å². The summed E-state index contributed by atoms with van der Waals surface area (Å²) in [4.78, 5) is 9.17. The number of thiazole rings is 1. The van der Waals surface area contributed by atoms with E-state index >= 15 is 0 Å². The molecule has 1 aromatic carbocycles. The average Bonchev–Trinajstić information content (AvgIpc) is 3.13. The topological polar surface area (TPSA) is 66.5 Å². The molecule has 0 radical (unpaired) electrons. The van der Waals surface area contributed by atoms with E-state index in [2.05, 4.69) is 49.9 Å². The number of anilines is 2. The van der Waals surface area contributed by atoms with Gasteiger partial charge in [0.15, 0.2) is 5.13 Å². The molecule has 0 bridgehead atoms. The molecule has 1 aliphatic rings. The summed E-state index contributed by atoms with van der Waals surface area (Å²) in [6, 6.07) is 8.23. The van der Waals surface area contributed by atoms with Crippen molar-refractivity contribution < 1.29 is 0 Å². The van der Waals surface area contributed by atoms with Crippen LogP contribution in [0.3, 0.4) is 0 Å². The summed E-state index contributed by atoms with van der Waals surface area (Å²) < 4.78 is 0. The van der Waals surface area contributed by atoms with Crippen LogP contribution in [0.4, 0.5) is 10.8 Å². The Morgan fingerprint density at radius 2 is 2.17 bits per heavy atom. The van der Waals surface area contributed by atoms with E-state index in [-0.39, 0.29) is 0 Å². The summed E-state index contributed by atoms with van der Waals surface area (Å²) in [6.45, 7) is 2.09. The predicted molar refractivity (Wildman–Crippen MR) is 94.5 cm³/mol. The van der Waals surface area contributed by atoms with Crippen LogP contribution in [0.5, 0.6) is 0 Å². The lowest BCUT2D eigenvalue weighted by atomic mass is 10.2. The summed E-state index contributed by atoms with van der Waals surface area (Å²) in [5, 5.41) is 14.5. The van der Waals surface area contributed by atoms with Gasteiger partial charge in [-0.3, -0.25) is 5.10 Å². The highest BCUT2D eigenvalue weighted by atomic mass is 32.2. The molecule has 7 heteroatoms. The number of nitrogens with zero attached hydrogens (tertiary/aromatic N) is 3. The molecule has 1 fully saturated rings. The first-order valence-electron chi connectivity index (χ1n) is 7.60. The fourth-order valence-corrected chi connectivity index (χ4v) is 3.79. The van der Waals surface area contributed by atoms with Gasteiger partial charge in [-0.05, 0) is 31.4 Å². The van der Waals surface area contributed by atoms with Gasteiger partial charge in [0.25, 0.3) is 0 Å². The standard InChI is InChI=1S/C16H17N5S2/c1-10-4-2-3-5-13(10)18-15-17-12(8-22-15)9-23-16-19-14(20-21-16)11-6-7-11/h2-5,8,11H,6-7,9H2,1H3,(H,17,18)(H,19,20,21). The monoisotopic (exact) mass is 343 g/mol. The highest BCUT2D eigenvalue weighted by Crippen LogP contribution is 2.38. The van der Waals surface area contributed by atoms with Crippen LogP contribution in [0.2, 0.25) is 0 Å². The Kier molecular flexibility index (Phi) is 4.05. The zero-order chi connectivity index (χ0) is 15.6. The first kappa shape index (κ1) is 14.7. The first-order valence-corrected chi connectivity index (χ1v) is 9.46. The molecule has 2 heterocycles. The molecule has 2 aromatic heterocycles. The summed E-state index contributed by atoms with van der Waals surface area (Å²) in [5.41, 5.74) is 3.37. The molecule has 3 aromatic rings. The van der Waals surface area contributed by atoms with Crippen LogP contribution in [0.25, 0.3) is 0 Å². The van der Waals surface area contributed by atoms with E-state index in [9.17, 15) is 0 Å². The van der Waals surface area contributed by atoms with Crippen LogP contribution < -0.4 is 5.32 Å². The summed E-state index contributed by atoms with van der Waals surface area (Å²) in [7, 11) is 0. The van der Waals surface area contributed by atoms with Crippen molar-refractivity contribution in [3.05, 3.63) is 46.7 Å². The van der Waals surface area contributed by atoms with E-state index in [0.29, 0.717) is 5.92 Å². The number of aromatic amines is 1. The molecule has 0 saturated heterocycles. The van der Waals surface area contributed by atoms with Crippen molar-refractivity contribution in [1.82, 2.24) is 20.2 Å². The number of H-pyrrole nitrogens is 1. The normalized spacial score (nSPS) is 14.1. The average molecular weight is 343 g/mol. The zero-order valence-electron chi connectivity index (χ0n) is 12.7. The molecule has 23 heavy (non-hydrogen) atoms. The molecule has 5 nitrogen and oxygen atoms in total. The Labute approximate surface area is 143 Å². The van der Waals surface area contributed by atoms with E-state index < -0.39 is 0 Å². The number of nitrogens with one attached hydrogen (secondary N) is 2.